The molecular formula is C13H12N2O2. The number of aromatic hydroxyl groups is 1. The van der Waals surface area contributed by atoms with Crippen LogP contribution in [0.15, 0.2) is 29.8 Å². The lowest BCUT2D eigenvalue weighted by Gasteiger charge is -2.01. The van der Waals surface area contributed by atoms with E-state index in [1.165, 1.54) is 18.2 Å². The number of phenols is 1. The van der Waals surface area contributed by atoms with Crippen LogP contribution in [0.25, 0.3) is 6.08 Å². The zero-order valence-electron chi connectivity index (χ0n) is 9.18. The molecule has 1 aromatic rings. The molecule has 1 saturated carbocycles. The van der Waals surface area contributed by atoms with Gasteiger partial charge in [-0.3, -0.25) is 4.79 Å². The van der Waals surface area contributed by atoms with Crippen LogP contribution < -0.4 is 5.32 Å². The van der Waals surface area contributed by atoms with Crippen LogP contribution >= 0.6 is 0 Å². The van der Waals surface area contributed by atoms with Gasteiger partial charge >= 0.3 is 0 Å². The summed E-state index contributed by atoms with van der Waals surface area (Å²) in [6.07, 6.45) is 3.44. The summed E-state index contributed by atoms with van der Waals surface area (Å²) in [7, 11) is 0. The molecule has 1 aliphatic carbocycles. The fourth-order valence-corrected chi connectivity index (χ4v) is 1.42. The molecule has 4 nitrogen and oxygen atoms in total. The molecule has 1 aromatic carbocycles. The van der Waals surface area contributed by atoms with E-state index >= 15 is 0 Å². The first-order valence-electron chi connectivity index (χ1n) is 5.41. The van der Waals surface area contributed by atoms with Crippen molar-refractivity contribution in [3.63, 3.8) is 0 Å². The fourth-order valence-electron chi connectivity index (χ4n) is 1.42. The van der Waals surface area contributed by atoms with Crippen LogP contribution in [-0.2, 0) is 4.79 Å². The Morgan fingerprint density at radius 2 is 2.29 bits per heavy atom. The van der Waals surface area contributed by atoms with Crippen molar-refractivity contribution in [2.24, 2.45) is 0 Å². The quantitative estimate of drug-likeness (QED) is 0.609. The molecule has 1 aliphatic rings. The summed E-state index contributed by atoms with van der Waals surface area (Å²) < 4.78 is 0. The Labute approximate surface area is 99.2 Å². The second-order valence-electron chi connectivity index (χ2n) is 4.01. The summed E-state index contributed by atoms with van der Waals surface area (Å²) in [5, 5.41) is 20.9. The van der Waals surface area contributed by atoms with Crippen molar-refractivity contribution in [2.75, 3.05) is 0 Å². The predicted octanol–water partition coefficient (Wildman–Crippen LogP) is 1.58. The number of nitrogens with one attached hydrogen (secondary N) is 1. The number of rotatable bonds is 3. The molecule has 0 aliphatic heterocycles. The minimum atomic E-state index is -0.349. The van der Waals surface area contributed by atoms with E-state index in [1.807, 2.05) is 6.07 Å². The smallest absolute Gasteiger partial charge is 0.262 e. The van der Waals surface area contributed by atoms with Crippen molar-refractivity contribution in [1.82, 2.24) is 5.32 Å². The van der Waals surface area contributed by atoms with Crippen molar-refractivity contribution in [2.45, 2.75) is 18.9 Å². The third-order valence-corrected chi connectivity index (χ3v) is 2.46. The Morgan fingerprint density at radius 1 is 1.53 bits per heavy atom. The summed E-state index contributed by atoms with van der Waals surface area (Å²) in [5.74, 6) is -0.239. The number of nitrogens with zero attached hydrogens (tertiary/aromatic N) is 1. The van der Waals surface area contributed by atoms with E-state index in [4.69, 9.17) is 5.26 Å². The highest BCUT2D eigenvalue weighted by atomic mass is 16.3. The van der Waals surface area contributed by atoms with Gasteiger partial charge < -0.3 is 10.4 Å². The molecule has 2 N–H and O–H groups in total. The number of phenolic OH excluding ortho intramolecular Hbond substituents is 1. The monoisotopic (exact) mass is 228 g/mol. The first-order chi connectivity index (χ1) is 8.19. The minimum Gasteiger partial charge on any atom is -0.508 e. The molecule has 0 bridgehead atoms. The van der Waals surface area contributed by atoms with E-state index in [0.29, 0.717) is 5.56 Å². The van der Waals surface area contributed by atoms with Crippen LogP contribution in [0, 0.1) is 11.3 Å². The summed E-state index contributed by atoms with van der Waals surface area (Å²) in [5.41, 5.74) is 0.690. The van der Waals surface area contributed by atoms with Gasteiger partial charge in [0.05, 0.1) is 0 Å². The molecule has 17 heavy (non-hydrogen) atoms. The number of carbonyl (C=O) groups is 1. The van der Waals surface area contributed by atoms with E-state index in [0.717, 1.165) is 12.8 Å². The number of hydrogen-bond acceptors (Lipinski definition) is 3. The third-order valence-electron chi connectivity index (χ3n) is 2.46. The van der Waals surface area contributed by atoms with Gasteiger partial charge in [-0.2, -0.15) is 5.26 Å². The summed E-state index contributed by atoms with van der Waals surface area (Å²) in [4.78, 5) is 11.6. The van der Waals surface area contributed by atoms with Crippen molar-refractivity contribution in [3.05, 3.63) is 35.4 Å². The highest BCUT2D eigenvalue weighted by molar-refractivity contribution is 6.01. The molecule has 0 spiro atoms. The standard InChI is InChI=1S/C13H12N2O2/c14-8-10(13(17)15-11-4-5-11)6-9-2-1-3-12(16)7-9/h1-3,6-7,11,16H,4-5H2,(H,15,17). The predicted molar refractivity (Wildman–Crippen MR) is 62.9 cm³/mol. The molecule has 0 unspecified atom stereocenters. The van der Waals surface area contributed by atoms with Gasteiger partial charge in [0.25, 0.3) is 5.91 Å². The first-order valence-corrected chi connectivity index (χ1v) is 5.41. The van der Waals surface area contributed by atoms with Gasteiger partial charge in [0, 0.05) is 6.04 Å². The molecule has 4 heteroatoms. The van der Waals surface area contributed by atoms with Crippen LogP contribution in [0.5, 0.6) is 5.75 Å². The van der Waals surface area contributed by atoms with Gasteiger partial charge in [0.15, 0.2) is 0 Å². The molecule has 0 aromatic heterocycles. The molecule has 86 valence electrons. The van der Waals surface area contributed by atoms with Crippen LogP contribution in [0.1, 0.15) is 18.4 Å². The number of amides is 1. The van der Waals surface area contributed by atoms with E-state index in [9.17, 15) is 9.90 Å². The molecule has 0 saturated heterocycles. The van der Waals surface area contributed by atoms with Crippen molar-refractivity contribution in [1.29, 1.82) is 5.26 Å². The Morgan fingerprint density at radius 3 is 2.88 bits per heavy atom. The molecular weight excluding hydrogens is 216 g/mol. The number of nitriles is 1. The Bertz CT molecular complexity index is 510. The lowest BCUT2D eigenvalue weighted by Crippen LogP contribution is -2.26. The maximum absolute atomic E-state index is 11.6. The average Bonchev–Trinajstić information content (AvgIpc) is 3.09. The second-order valence-corrected chi connectivity index (χ2v) is 4.01. The first kappa shape index (κ1) is 11.2. The zero-order valence-corrected chi connectivity index (χ0v) is 9.18. The SMILES string of the molecule is N#CC(=Cc1cccc(O)c1)C(=O)NC1CC1. The number of hydrogen-bond donors (Lipinski definition) is 2. The largest absolute Gasteiger partial charge is 0.508 e. The highest BCUT2D eigenvalue weighted by Gasteiger charge is 2.24. The van der Waals surface area contributed by atoms with Crippen LogP contribution in [-0.4, -0.2) is 17.1 Å². The van der Waals surface area contributed by atoms with E-state index in [-0.39, 0.29) is 23.3 Å². The van der Waals surface area contributed by atoms with E-state index < -0.39 is 0 Å². The number of carbonyl (C=O) groups excluding carboxylic acids is 1. The van der Waals surface area contributed by atoms with Gasteiger partial charge in [-0.05, 0) is 36.6 Å². The molecule has 0 atom stereocenters. The Balaban J connectivity index is 2.16. The van der Waals surface area contributed by atoms with Crippen molar-refractivity contribution in [3.8, 4) is 11.8 Å². The van der Waals surface area contributed by atoms with Gasteiger partial charge in [0.1, 0.15) is 17.4 Å². The third kappa shape index (κ3) is 3.08. The van der Waals surface area contributed by atoms with Crippen molar-refractivity contribution < 1.29 is 9.90 Å². The molecule has 1 fully saturated rings. The van der Waals surface area contributed by atoms with Crippen LogP contribution in [0.2, 0.25) is 0 Å². The van der Waals surface area contributed by atoms with Crippen LogP contribution in [0.4, 0.5) is 0 Å². The fraction of sp³-hybridized carbons (Fsp3) is 0.231. The van der Waals surface area contributed by atoms with Gasteiger partial charge in [-0.25, -0.2) is 0 Å². The molecule has 0 heterocycles. The Hall–Kier alpha value is -2.28. The van der Waals surface area contributed by atoms with Gasteiger partial charge in [-0.1, -0.05) is 12.1 Å². The highest BCUT2D eigenvalue weighted by Crippen LogP contribution is 2.20. The second kappa shape index (κ2) is 4.71. The van der Waals surface area contributed by atoms with E-state index in [1.54, 1.807) is 12.1 Å². The lowest BCUT2D eigenvalue weighted by molar-refractivity contribution is -0.117. The molecule has 1 amide bonds. The summed E-state index contributed by atoms with van der Waals surface area (Å²) in [6, 6.07) is 8.52. The van der Waals surface area contributed by atoms with Crippen LogP contribution in [0.3, 0.4) is 0 Å². The normalized spacial score (nSPS) is 15.1. The van der Waals surface area contributed by atoms with E-state index in [2.05, 4.69) is 5.32 Å². The van der Waals surface area contributed by atoms with Gasteiger partial charge in [0.2, 0.25) is 0 Å². The topological polar surface area (TPSA) is 73.1 Å². The number of benzene rings is 1. The summed E-state index contributed by atoms with van der Waals surface area (Å²) >= 11 is 0. The Kier molecular flexibility index (Phi) is 3.10. The van der Waals surface area contributed by atoms with Gasteiger partial charge in [-0.15, -0.1) is 0 Å². The lowest BCUT2D eigenvalue weighted by atomic mass is 10.1. The zero-order chi connectivity index (χ0) is 12.3. The molecule has 2 rings (SSSR count). The maximum atomic E-state index is 11.6. The average molecular weight is 228 g/mol. The minimum absolute atomic E-state index is 0.0579. The molecule has 0 radical (unpaired) electrons. The maximum Gasteiger partial charge on any atom is 0.262 e. The summed E-state index contributed by atoms with van der Waals surface area (Å²) in [6.45, 7) is 0. The van der Waals surface area contributed by atoms with Crippen molar-refractivity contribution >= 4 is 12.0 Å².